The SMILES string of the molecule is C[C@@H]1CCC[N+]1(C(=O)NCc1cc(Cl)ccc1CN)C(=O)C(O)(c1ccccc1)c1ccccc1. The van der Waals surface area contributed by atoms with Crippen molar-refractivity contribution in [1.29, 1.82) is 0 Å². The van der Waals surface area contributed by atoms with Gasteiger partial charge in [0.25, 0.3) is 0 Å². The first-order valence-corrected chi connectivity index (χ1v) is 12.2. The van der Waals surface area contributed by atoms with E-state index in [4.69, 9.17) is 17.3 Å². The highest BCUT2D eigenvalue weighted by Gasteiger charge is 2.61. The molecular weight excluding hydrogens is 462 g/mol. The number of carbonyl (C=O) groups is 2. The molecule has 6 nitrogen and oxygen atoms in total. The quantitative estimate of drug-likeness (QED) is 0.443. The average Bonchev–Trinajstić information content (AvgIpc) is 3.29. The number of rotatable bonds is 6. The minimum Gasteiger partial charge on any atom is -0.369 e. The largest absolute Gasteiger partial charge is 0.424 e. The standard InChI is InChI=1S/C28H30ClN3O3/c1-20-9-8-16-32(20,27(34)31-19-22-17-25(29)15-14-21(22)18-30)26(33)28(35,23-10-4-2-5-11-23)24-12-6-3-7-13-24/h2-7,10-15,17,20,35H,8-9,16,18-19,30H2,1H3/p+1/t20-,32?/m1/s1. The van der Waals surface area contributed by atoms with Crippen molar-refractivity contribution >= 4 is 23.5 Å². The van der Waals surface area contributed by atoms with Gasteiger partial charge in [0, 0.05) is 42.1 Å². The molecule has 1 saturated heterocycles. The van der Waals surface area contributed by atoms with Crippen LogP contribution in [0.5, 0.6) is 0 Å². The fourth-order valence-corrected chi connectivity index (χ4v) is 5.30. The van der Waals surface area contributed by atoms with Gasteiger partial charge in [-0.3, -0.25) is 0 Å². The van der Waals surface area contributed by atoms with Crippen LogP contribution in [0.2, 0.25) is 5.02 Å². The van der Waals surface area contributed by atoms with Crippen molar-refractivity contribution in [3.8, 4) is 0 Å². The van der Waals surface area contributed by atoms with E-state index >= 15 is 0 Å². The zero-order valence-corrected chi connectivity index (χ0v) is 20.5. The summed E-state index contributed by atoms with van der Waals surface area (Å²) >= 11 is 6.17. The number of quaternary nitrogens is 1. The van der Waals surface area contributed by atoms with Gasteiger partial charge in [-0.15, -0.1) is 0 Å². The number of benzene rings is 3. The van der Waals surface area contributed by atoms with Crippen molar-refractivity contribution in [3.63, 3.8) is 0 Å². The average molecular weight is 493 g/mol. The van der Waals surface area contributed by atoms with E-state index in [9.17, 15) is 14.7 Å². The molecule has 0 spiro atoms. The van der Waals surface area contributed by atoms with E-state index in [1.165, 1.54) is 0 Å². The van der Waals surface area contributed by atoms with E-state index in [0.717, 1.165) is 11.1 Å². The Hall–Kier alpha value is -3.03. The van der Waals surface area contributed by atoms with Crippen LogP contribution in [0.25, 0.3) is 0 Å². The zero-order chi connectivity index (χ0) is 25.1. The first-order valence-electron chi connectivity index (χ1n) is 11.9. The molecule has 4 rings (SSSR count). The molecule has 1 unspecified atom stereocenters. The number of imide groups is 1. The molecule has 2 atom stereocenters. The zero-order valence-electron chi connectivity index (χ0n) is 19.8. The van der Waals surface area contributed by atoms with E-state index in [1.54, 1.807) is 60.7 Å². The first-order chi connectivity index (χ1) is 16.8. The van der Waals surface area contributed by atoms with Gasteiger partial charge in [-0.2, -0.15) is 4.48 Å². The van der Waals surface area contributed by atoms with Gasteiger partial charge in [-0.05, 0) is 30.2 Å². The summed E-state index contributed by atoms with van der Waals surface area (Å²) in [5.41, 5.74) is 6.40. The molecule has 1 aliphatic rings. The molecule has 0 bridgehead atoms. The van der Waals surface area contributed by atoms with Crippen LogP contribution in [0.3, 0.4) is 0 Å². The lowest BCUT2D eigenvalue weighted by Gasteiger charge is -2.39. The van der Waals surface area contributed by atoms with Crippen LogP contribution in [0.1, 0.15) is 42.0 Å². The molecule has 3 amide bonds. The minimum atomic E-state index is -1.99. The molecule has 3 aromatic carbocycles. The number of nitrogens with one attached hydrogen (secondary N) is 1. The molecule has 1 aliphatic heterocycles. The Labute approximate surface area is 210 Å². The van der Waals surface area contributed by atoms with Crippen LogP contribution in [0.15, 0.2) is 78.9 Å². The molecule has 0 aliphatic carbocycles. The second-order valence-electron chi connectivity index (χ2n) is 9.11. The number of halogens is 1. The molecule has 1 heterocycles. The molecule has 35 heavy (non-hydrogen) atoms. The number of nitrogens with two attached hydrogens (primary N) is 1. The Morgan fingerprint density at radius 2 is 1.63 bits per heavy atom. The molecule has 182 valence electrons. The predicted octanol–water partition coefficient (Wildman–Crippen LogP) is 4.47. The lowest BCUT2D eigenvalue weighted by Crippen LogP contribution is -2.67. The van der Waals surface area contributed by atoms with Crippen molar-refractivity contribution in [2.45, 2.75) is 44.5 Å². The summed E-state index contributed by atoms with van der Waals surface area (Å²) in [7, 11) is 0. The molecule has 4 N–H and O–H groups in total. The van der Waals surface area contributed by atoms with E-state index in [-0.39, 0.29) is 12.6 Å². The second kappa shape index (κ2) is 10.3. The van der Waals surface area contributed by atoms with Gasteiger partial charge in [0.15, 0.2) is 0 Å². The Balaban J connectivity index is 1.75. The van der Waals surface area contributed by atoms with E-state index in [2.05, 4.69) is 5.32 Å². The first kappa shape index (κ1) is 25.1. The van der Waals surface area contributed by atoms with Crippen molar-refractivity contribution in [2.24, 2.45) is 5.73 Å². The second-order valence-corrected chi connectivity index (χ2v) is 9.54. The van der Waals surface area contributed by atoms with E-state index in [0.29, 0.717) is 42.1 Å². The molecule has 1 fully saturated rings. The molecule has 0 radical (unpaired) electrons. The summed E-state index contributed by atoms with van der Waals surface area (Å²) < 4.78 is -0.487. The molecule has 0 saturated carbocycles. The highest BCUT2D eigenvalue weighted by molar-refractivity contribution is 6.30. The van der Waals surface area contributed by atoms with Crippen LogP contribution in [0, 0.1) is 0 Å². The van der Waals surface area contributed by atoms with E-state index in [1.807, 2.05) is 25.1 Å². The summed E-state index contributed by atoms with van der Waals surface area (Å²) in [6.07, 6.45) is 1.40. The monoisotopic (exact) mass is 492 g/mol. The van der Waals surface area contributed by atoms with Crippen LogP contribution in [-0.2, 0) is 23.5 Å². The van der Waals surface area contributed by atoms with Gasteiger partial charge < -0.3 is 16.2 Å². The number of urea groups is 1. The fraction of sp³-hybridized carbons (Fsp3) is 0.286. The Morgan fingerprint density at radius 1 is 1.03 bits per heavy atom. The van der Waals surface area contributed by atoms with Crippen molar-refractivity contribution in [2.75, 3.05) is 6.54 Å². The van der Waals surface area contributed by atoms with Gasteiger partial charge in [0.2, 0.25) is 5.60 Å². The third kappa shape index (κ3) is 4.50. The highest BCUT2D eigenvalue weighted by Crippen LogP contribution is 2.39. The number of hydrogen-bond donors (Lipinski definition) is 3. The Morgan fingerprint density at radius 3 is 2.14 bits per heavy atom. The number of aliphatic hydroxyl groups is 1. The maximum Gasteiger partial charge on any atom is 0.424 e. The third-order valence-electron chi connectivity index (χ3n) is 7.12. The van der Waals surface area contributed by atoms with Crippen LogP contribution in [0.4, 0.5) is 4.79 Å². The lowest BCUT2D eigenvalue weighted by atomic mass is 9.84. The molecule has 7 heteroatoms. The molecular formula is C28H31ClN3O3+. The fourth-order valence-electron chi connectivity index (χ4n) is 5.10. The summed E-state index contributed by atoms with van der Waals surface area (Å²) in [5, 5.41) is 15.6. The number of carbonyl (C=O) groups excluding carboxylic acids is 2. The number of amides is 3. The predicted molar refractivity (Wildman–Crippen MR) is 136 cm³/mol. The maximum atomic E-state index is 14.5. The van der Waals surface area contributed by atoms with Crippen LogP contribution >= 0.6 is 11.6 Å². The Bertz CT molecular complexity index is 1160. The number of nitrogens with zero attached hydrogens (tertiary/aromatic N) is 1. The topological polar surface area (TPSA) is 92.4 Å². The van der Waals surface area contributed by atoms with Gasteiger partial charge in [-0.25, -0.2) is 9.59 Å². The van der Waals surface area contributed by atoms with Gasteiger partial charge >= 0.3 is 11.9 Å². The van der Waals surface area contributed by atoms with Crippen molar-refractivity contribution in [1.82, 2.24) is 5.32 Å². The Kier molecular flexibility index (Phi) is 7.38. The summed E-state index contributed by atoms with van der Waals surface area (Å²) in [6, 6.07) is 22.3. The maximum absolute atomic E-state index is 14.5. The molecule has 3 aromatic rings. The van der Waals surface area contributed by atoms with E-state index < -0.39 is 22.0 Å². The van der Waals surface area contributed by atoms with Gasteiger partial charge in [-0.1, -0.05) is 78.3 Å². The van der Waals surface area contributed by atoms with Crippen molar-refractivity contribution < 1.29 is 19.2 Å². The minimum absolute atomic E-state index is 0.182. The number of hydrogen-bond acceptors (Lipinski definition) is 4. The molecule has 0 aromatic heterocycles. The van der Waals surface area contributed by atoms with Gasteiger partial charge in [0.05, 0.1) is 6.54 Å². The summed E-state index contributed by atoms with van der Waals surface area (Å²) in [6.45, 7) is 2.69. The summed E-state index contributed by atoms with van der Waals surface area (Å²) in [4.78, 5) is 28.3. The van der Waals surface area contributed by atoms with Crippen LogP contribution < -0.4 is 11.1 Å². The third-order valence-corrected chi connectivity index (χ3v) is 7.36. The lowest BCUT2D eigenvalue weighted by molar-refractivity contribution is -0.788. The van der Waals surface area contributed by atoms with Crippen LogP contribution in [-0.4, -0.2) is 34.1 Å². The summed E-state index contributed by atoms with van der Waals surface area (Å²) in [5.74, 6) is -0.553. The number of likely N-dealkylation sites (tertiary alicyclic amines) is 1. The normalized spacial score (nSPS) is 19.9. The van der Waals surface area contributed by atoms with Gasteiger partial charge in [0.1, 0.15) is 6.04 Å². The van der Waals surface area contributed by atoms with Crippen molar-refractivity contribution in [3.05, 3.63) is 106 Å². The highest BCUT2D eigenvalue weighted by atomic mass is 35.5. The smallest absolute Gasteiger partial charge is 0.369 e.